The molecular weight excluding hydrogens is 416 g/mol. The molecule has 170 valence electrons. The van der Waals surface area contributed by atoms with Crippen LogP contribution >= 0.6 is 11.8 Å². The lowest BCUT2D eigenvalue weighted by Gasteiger charge is -2.45. The van der Waals surface area contributed by atoms with Crippen LogP contribution in [0.2, 0.25) is 0 Å². The van der Waals surface area contributed by atoms with Gasteiger partial charge in [0.15, 0.2) is 0 Å². The van der Waals surface area contributed by atoms with Crippen molar-refractivity contribution >= 4 is 29.5 Å². The molecule has 1 N–H and O–H groups in total. The number of carbonyl (C=O) groups excluding carboxylic acids is 3. The zero-order valence-electron chi connectivity index (χ0n) is 18.6. The van der Waals surface area contributed by atoms with Gasteiger partial charge in [0.1, 0.15) is 24.7 Å². The third-order valence-electron chi connectivity index (χ3n) is 5.82. The van der Waals surface area contributed by atoms with E-state index in [0.717, 1.165) is 18.4 Å². The minimum Gasteiger partial charge on any atom is -0.459 e. The summed E-state index contributed by atoms with van der Waals surface area (Å²) in [5.41, 5.74) is 0.872. The van der Waals surface area contributed by atoms with E-state index in [1.165, 1.54) is 16.7 Å². The predicted molar refractivity (Wildman–Crippen MR) is 119 cm³/mol. The zero-order chi connectivity index (χ0) is 22.8. The number of benzene rings is 1. The minimum atomic E-state index is -1.39. The van der Waals surface area contributed by atoms with Crippen molar-refractivity contribution < 1.29 is 24.2 Å². The fourth-order valence-electron chi connectivity index (χ4n) is 4.33. The summed E-state index contributed by atoms with van der Waals surface area (Å²) < 4.78 is 4.92. The molecule has 8 heteroatoms. The summed E-state index contributed by atoms with van der Waals surface area (Å²) in [5.74, 6) is -2.07. The number of hydrogen-bond donors (Lipinski definition) is 1. The summed E-state index contributed by atoms with van der Waals surface area (Å²) >= 11 is 1.45. The number of β-lactam (4-membered cyclic amide) rings is 1. The first-order valence-electron chi connectivity index (χ1n) is 10.9. The maximum Gasteiger partial charge on any atom is 0.330 e. The number of esters is 1. The Kier molecular flexibility index (Phi) is 7.31. The molecule has 7 nitrogen and oxygen atoms in total. The van der Waals surface area contributed by atoms with Gasteiger partial charge in [-0.3, -0.25) is 9.59 Å². The third kappa shape index (κ3) is 4.60. The fourth-order valence-corrected chi connectivity index (χ4v) is 6.05. The molecule has 3 rings (SSSR count). The molecule has 0 saturated carbocycles. The van der Waals surface area contributed by atoms with Crippen LogP contribution in [0, 0.1) is 5.92 Å². The molecular formula is C23H32N2O5S. The minimum absolute atomic E-state index is 0.136. The van der Waals surface area contributed by atoms with Crippen molar-refractivity contribution in [3.8, 4) is 0 Å². The van der Waals surface area contributed by atoms with E-state index in [0.29, 0.717) is 13.1 Å². The number of carbonyl (C=O) groups is 3. The average molecular weight is 449 g/mol. The van der Waals surface area contributed by atoms with Crippen LogP contribution in [0.4, 0.5) is 0 Å². The largest absolute Gasteiger partial charge is 0.459 e. The van der Waals surface area contributed by atoms with Crippen LogP contribution in [-0.4, -0.2) is 68.0 Å². The Balaban J connectivity index is 1.69. The van der Waals surface area contributed by atoms with Gasteiger partial charge in [0.05, 0.1) is 5.37 Å². The molecule has 1 aromatic carbocycles. The van der Waals surface area contributed by atoms with Crippen LogP contribution in [0.5, 0.6) is 0 Å². The van der Waals surface area contributed by atoms with Crippen molar-refractivity contribution in [1.82, 2.24) is 9.80 Å². The number of rotatable bonds is 9. The first kappa shape index (κ1) is 23.6. The quantitative estimate of drug-likeness (QED) is 0.461. The van der Waals surface area contributed by atoms with E-state index in [1.807, 2.05) is 58.0 Å². The number of ether oxygens (including phenoxy) is 1. The normalized spacial score (nSPS) is 24.9. The highest BCUT2D eigenvalue weighted by molar-refractivity contribution is 8.01. The monoisotopic (exact) mass is 448 g/mol. The number of amides is 2. The molecule has 31 heavy (non-hydrogen) atoms. The molecule has 2 heterocycles. The van der Waals surface area contributed by atoms with E-state index >= 15 is 0 Å². The van der Waals surface area contributed by atoms with Gasteiger partial charge >= 0.3 is 5.97 Å². The third-order valence-corrected chi connectivity index (χ3v) is 7.41. The summed E-state index contributed by atoms with van der Waals surface area (Å²) in [5, 5.41) is 10.3. The van der Waals surface area contributed by atoms with E-state index in [2.05, 4.69) is 0 Å². The highest BCUT2D eigenvalue weighted by atomic mass is 32.2. The molecule has 2 aliphatic heterocycles. The van der Waals surface area contributed by atoms with Crippen LogP contribution in [0.25, 0.3) is 0 Å². The second kappa shape index (κ2) is 9.61. The summed E-state index contributed by atoms with van der Waals surface area (Å²) in [6, 6.07) is 8.62. The van der Waals surface area contributed by atoms with Crippen LogP contribution in [-0.2, 0) is 25.7 Å². The first-order valence-corrected chi connectivity index (χ1v) is 11.8. The van der Waals surface area contributed by atoms with Gasteiger partial charge in [-0.15, -0.1) is 11.8 Å². The molecule has 2 aliphatic rings. The number of thioether (sulfide) groups is 1. The smallest absolute Gasteiger partial charge is 0.330 e. The number of aliphatic hydroxyl groups excluding tert-OH is 1. The predicted octanol–water partition coefficient (Wildman–Crippen LogP) is 2.42. The Labute approximate surface area is 188 Å². The average Bonchev–Trinajstić information content (AvgIpc) is 2.99. The zero-order valence-corrected chi connectivity index (χ0v) is 19.4. The molecule has 0 spiro atoms. The summed E-state index contributed by atoms with van der Waals surface area (Å²) in [6.45, 7) is 8.96. The Morgan fingerprint density at radius 1 is 1.19 bits per heavy atom. The topological polar surface area (TPSA) is 87.2 Å². The Morgan fingerprint density at radius 2 is 1.81 bits per heavy atom. The van der Waals surface area contributed by atoms with Crippen molar-refractivity contribution in [2.24, 2.45) is 5.92 Å². The number of aliphatic hydroxyl groups is 1. The summed E-state index contributed by atoms with van der Waals surface area (Å²) in [4.78, 5) is 41.8. The summed E-state index contributed by atoms with van der Waals surface area (Å²) in [6.07, 6.45) is 0.169. The van der Waals surface area contributed by atoms with Gasteiger partial charge < -0.3 is 19.6 Å². The van der Waals surface area contributed by atoms with E-state index < -0.39 is 40.1 Å². The van der Waals surface area contributed by atoms with Crippen molar-refractivity contribution in [3.63, 3.8) is 0 Å². The SMILES string of the molecule is CCCN(CCC)C(=O)[C@@H](O)[C@@H]1C(=O)N2[C@@H]1SC(C)(C)[C@@H]2C(=O)OCc1ccccc1. The number of fused-ring (bicyclic) bond motifs is 1. The van der Waals surface area contributed by atoms with Gasteiger partial charge in [-0.2, -0.15) is 0 Å². The van der Waals surface area contributed by atoms with Crippen LogP contribution < -0.4 is 0 Å². The standard InChI is InChI=1S/C23H32N2O5S/c1-5-12-24(13-6-2)20(28)17(26)16-19(27)25-18(23(3,4)31-21(16)25)22(29)30-14-15-10-8-7-9-11-15/h7-11,16-18,21,26H,5-6,12-14H2,1-4H3/t16-,17+,18+,21-/m1/s1. The highest BCUT2D eigenvalue weighted by Gasteiger charge is 2.66. The molecule has 1 aromatic rings. The lowest BCUT2D eigenvalue weighted by molar-refractivity contribution is -0.175. The maximum absolute atomic E-state index is 13.0. The van der Waals surface area contributed by atoms with Gasteiger partial charge in [0.2, 0.25) is 5.91 Å². The Bertz CT molecular complexity index is 809. The van der Waals surface area contributed by atoms with Crippen molar-refractivity contribution in [3.05, 3.63) is 35.9 Å². The van der Waals surface area contributed by atoms with E-state index in [-0.39, 0.29) is 12.5 Å². The van der Waals surface area contributed by atoms with Crippen LogP contribution in [0.3, 0.4) is 0 Å². The van der Waals surface area contributed by atoms with E-state index in [9.17, 15) is 19.5 Å². The van der Waals surface area contributed by atoms with Crippen molar-refractivity contribution in [2.75, 3.05) is 13.1 Å². The molecule has 0 radical (unpaired) electrons. The van der Waals surface area contributed by atoms with E-state index in [1.54, 1.807) is 4.90 Å². The lowest BCUT2D eigenvalue weighted by Crippen LogP contribution is -2.67. The molecule has 2 fully saturated rings. The second-order valence-corrected chi connectivity index (χ2v) is 10.4. The highest BCUT2D eigenvalue weighted by Crippen LogP contribution is 2.54. The maximum atomic E-state index is 13.0. The van der Waals surface area contributed by atoms with Crippen molar-refractivity contribution in [1.29, 1.82) is 0 Å². The van der Waals surface area contributed by atoms with Gasteiger partial charge in [-0.1, -0.05) is 44.2 Å². The molecule has 2 amide bonds. The molecule has 0 bridgehead atoms. The molecule has 4 atom stereocenters. The van der Waals surface area contributed by atoms with Gasteiger partial charge in [-0.05, 0) is 32.3 Å². The van der Waals surface area contributed by atoms with Gasteiger partial charge in [-0.25, -0.2) is 4.79 Å². The second-order valence-electron chi connectivity index (χ2n) is 8.65. The summed E-state index contributed by atoms with van der Waals surface area (Å²) in [7, 11) is 0. The van der Waals surface area contributed by atoms with Gasteiger partial charge in [0, 0.05) is 17.8 Å². The molecule has 0 aliphatic carbocycles. The van der Waals surface area contributed by atoms with Gasteiger partial charge in [0.25, 0.3) is 5.91 Å². The van der Waals surface area contributed by atoms with E-state index in [4.69, 9.17) is 4.74 Å². The fraction of sp³-hybridized carbons (Fsp3) is 0.609. The van der Waals surface area contributed by atoms with Crippen LogP contribution in [0.1, 0.15) is 46.1 Å². The Hall–Kier alpha value is -2.06. The molecule has 2 saturated heterocycles. The van der Waals surface area contributed by atoms with Crippen molar-refractivity contribution in [2.45, 2.75) is 69.4 Å². The number of nitrogens with zero attached hydrogens (tertiary/aromatic N) is 2. The molecule has 0 aromatic heterocycles. The molecule has 0 unspecified atom stereocenters. The number of hydrogen-bond acceptors (Lipinski definition) is 6. The Morgan fingerprint density at radius 3 is 2.39 bits per heavy atom. The van der Waals surface area contributed by atoms with Crippen LogP contribution in [0.15, 0.2) is 30.3 Å². The lowest BCUT2D eigenvalue weighted by atomic mass is 9.87. The first-order chi connectivity index (χ1) is 14.7.